The van der Waals surface area contributed by atoms with Crippen LogP contribution in [0.4, 0.5) is 20.7 Å². The molecule has 3 aromatic rings. The van der Waals surface area contributed by atoms with Crippen molar-refractivity contribution in [3.05, 3.63) is 47.5 Å². The molecular formula is C24H26ClFN4O4. The van der Waals surface area contributed by atoms with Gasteiger partial charge in [-0.15, -0.1) is 0 Å². The molecule has 1 aliphatic heterocycles. The van der Waals surface area contributed by atoms with Crippen molar-refractivity contribution >= 4 is 40.1 Å². The summed E-state index contributed by atoms with van der Waals surface area (Å²) < 4.78 is 30.7. The van der Waals surface area contributed by atoms with Crippen molar-refractivity contribution in [2.75, 3.05) is 25.5 Å². The van der Waals surface area contributed by atoms with Gasteiger partial charge in [0, 0.05) is 30.1 Å². The van der Waals surface area contributed by atoms with Gasteiger partial charge in [0.25, 0.3) is 0 Å². The van der Waals surface area contributed by atoms with Crippen LogP contribution in [0.15, 0.2) is 36.7 Å². The topological polar surface area (TPSA) is 85.8 Å². The highest BCUT2D eigenvalue weighted by molar-refractivity contribution is 6.31. The molecular weight excluding hydrogens is 463 g/mol. The van der Waals surface area contributed by atoms with E-state index >= 15 is 0 Å². The number of amides is 1. The van der Waals surface area contributed by atoms with Gasteiger partial charge in [0.05, 0.1) is 24.2 Å². The van der Waals surface area contributed by atoms with Gasteiger partial charge in [0.15, 0.2) is 11.5 Å². The maximum atomic E-state index is 13.5. The molecule has 2 aromatic carbocycles. The van der Waals surface area contributed by atoms with E-state index in [2.05, 4.69) is 15.3 Å². The van der Waals surface area contributed by atoms with E-state index in [9.17, 15) is 9.18 Å². The molecule has 0 bridgehead atoms. The second-order valence-corrected chi connectivity index (χ2v) is 9.36. The number of anilines is 2. The number of carbonyl (C=O) groups is 1. The molecule has 1 aromatic heterocycles. The molecule has 4 rings (SSSR count). The van der Waals surface area contributed by atoms with Gasteiger partial charge in [-0.3, -0.25) is 0 Å². The van der Waals surface area contributed by atoms with E-state index in [0.717, 1.165) is 0 Å². The third-order valence-corrected chi connectivity index (χ3v) is 5.48. The molecule has 1 fully saturated rings. The van der Waals surface area contributed by atoms with Crippen LogP contribution in [0.2, 0.25) is 5.02 Å². The first-order valence-electron chi connectivity index (χ1n) is 10.8. The van der Waals surface area contributed by atoms with Crippen molar-refractivity contribution in [1.82, 2.24) is 14.9 Å². The Hall–Kier alpha value is -3.33. The Morgan fingerprint density at radius 2 is 2.00 bits per heavy atom. The maximum Gasteiger partial charge on any atom is 0.410 e. The normalized spacial score (nSPS) is 15.9. The van der Waals surface area contributed by atoms with E-state index in [4.69, 9.17) is 25.8 Å². The highest BCUT2D eigenvalue weighted by Crippen LogP contribution is 2.36. The number of aromatic nitrogens is 2. The van der Waals surface area contributed by atoms with Gasteiger partial charge in [-0.1, -0.05) is 11.6 Å². The molecule has 0 aliphatic carbocycles. The van der Waals surface area contributed by atoms with Crippen molar-refractivity contribution < 1.29 is 23.4 Å². The summed E-state index contributed by atoms with van der Waals surface area (Å²) in [5, 5.41) is 3.83. The molecule has 0 saturated carbocycles. The molecule has 0 spiro atoms. The Balaban J connectivity index is 1.57. The second-order valence-electron chi connectivity index (χ2n) is 8.95. The minimum atomic E-state index is -0.560. The molecule has 10 heteroatoms. The van der Waals surface area contributed by atoms with Gasteiger partial charge < -0.3 is 24.4 Å². The van der Waals surface area contributed by atoms with Crippen molar-refractivity contribution in [2.45, 2.75) is 38.9 Å². The fourth-order valence-corrected chi connectivity index (χ4v) is 3.80. The summed E-state index contributed by atoms with van der Waals surface area (Å²) in [6.45, 7) is 6.45. The van der Waals surface area contributed by atoms with Crippen LogP contribution in [0, 0.1) is 5.82 Å². The molecule has 1 N–H and O–H groups in total. The van der Waals surface area contributed by atoms with Crippen molar-refractivity contribution in [3.63, 3.8) is 0 Å². The van der Waals surface area contributed by atoms with Crippen LogP contribution < -0.4 is 14.8 Å². The summed E-state index contributed by atoms with van der Waals surface area (Å²) in [7, 11) is 1.55. The van der Waals surface area contributed by atoms with E-state index in [1.54, 1.807) is 30.2 Å². The van der Waals surface area contributed by atoms with Crippen LogP contribution in [0.1, 0.15) is 27.2 Å². The summed E-state index contributed by atoms with van der Waals surface area (Å²) in [4.78, 5) is 22.7. The summed E-state index contributed by atoms with van der Waals surface area (Å²) in [5.74, 6) is 1.01. The van der Waals surface area contributed by atoms with E-state index in [1.807, 2.05) is 20.8 Å². The van der Waals surface area contributed by atoms with Gasteiger partial charge >= 0.3 is 6.09 Å². The first-order chi connectivity index (χ1) is 16.1. The van der Waals surface area contributed by atoms with E-state index in [-0.39, 0.29) is 17.2 Å². The Morgan fingerprint density at radius 3 is 2.71 bits per heavy atom. The lowest BCUT2D eigenvalue weighted by Gasteiger charge is -2.24. The predicted octanol–water partition coefficient (Wildman–Crippen LogP) is 5.56. The fourth-order valence-electron chi connectivity index (χ4n) is 3.62. The number of likely N-dealkylation sites (tertiary alicyclic amines) is 1. The number of halogens is 2. The fraction of sp³-hybridized carbons (Fsp3) is 0.375. The van der Waals surface area contributed by atoms with Gasteiger partial charge in [0.2, 0.25) is 0 Å². The SMILES string of the molecule is COc1cc2ncnc(Nc3ccc(F)c(Cl)c3)c2cc1O[C@H]1CCN(C(=O)OC(C)(C)C)C1. The number of carbonyl (C=O) groups excluding carboxylic acids is 1. The third-order valence-electron chi connectivity index (χ3n) is 5.19. The molecule has 1 aliphatic rings. The van der Waals surface area contributed by atoms with Crippen LogP contribution in [-0.4, -0.2) is 52.9 Å². The number of rotatable bonds is 5. The number of nitrogens with zero attached hydrogens (tertiary/aromatic N) is 3. The Kier molecular flexibility index (Phi) is 6.65. The van der Waals surface area contributed by atoms with Crippen LogP contribution in [0.25, 0.3) is 10.9 Å². The molecule has 0 radical (unpaired) electrons. The van der Waals surface area contributed by atoms with Crippen molar-refractivity contribution in [3.8, 4) is 11.5 Å². The van der Waals surface area contributed by atoms with Crippen LogP contribution in [-0.2, 0) is 4.74 Å². The number of fused-ring (bicyclic) bond motifs is 1. The van der Waals surface area contributed by atoms with Crippen LogP contribution in [0.5, 0.6) is 11.5 Å². The van der Waals surface area contributed by atoms with Crippen LogP contribution >= 0.6 is 11.6 Å². The maximum absolute atomic E-state index is 13.5. The first kappa shape index (κ1) is 23.8. The van der Waals surface area contributed by atoms with E-state index in [1.165, 1.54) is 18.5 Å². The summed E-state index contributed by atoms with van der Waals surface area (Å²) in [6, 6.07) is 7.88. The zero-order valence-electron chi connectivity index (χ0n) is 19.4. The monoisotopic (exact) mass is 488 g/mol. The van der Waals surface area contributed by atoms with E-state index < -0.39 is 11.4 Å². The highest BCUT2D eigenvalue weighted by atomic mass is 35.5. The molecule has 1 saturated heterocycles. The van der Waals surface area contributed by atoms with Gasteiger partial charge in [0.1, 0.15) is 29.7 Å². The molecule has 1 amide bonds. The van der Waals surface area contributed by atoms with Crippen molar-refractivity contribution in [1.29, 1.82) is 0 Å². The van der Waals surface area contributed by atoms with Gasteiger partial charge in [-0.2, -0.15) is 0 Å². The number of nitrogens with one attached hydrogen (secondary N) is 1. The molecule has 2 heterocycles. The number of ether oxygens (including phenoxy) is 3. The molecule has 8 nitrogen and oxygen atoms in total. The van der Waals surface area contributed by atoms with Gasteiger partial charge in [-0.25, -0.2) is 19.2 Å². The largest absolute Gasteiger partial charge is 0.493 e. The average molecular weight is 489 g/mol. The zero-order chi connectivity index (χ0) is 24.5. The molecule has 0 unspecified atom stereocenters. The van der Waals surface area contributed by atoms with Crippen molar-refractivity contribution in [2.24, 2.45) is 0 Å². The number of benzene rings is 2. The summed E-state index contributed by atoms with van der Waals surface area (Å²) >= 11 is 5.91. The molecule has 180 valence electrons. The highest BCUT2D eigenvalue weighted by Gasteiger charge is 2.31. The second kappa shape index (κ2) is 9.50. The summed E-state index contributed by atoms with van der Waals surface area (Å²) in [6.07, 6.45) is 1.49. The van der Waals surface area contributed by atoms with Gasteiger partial charge in [-0.05, 0) is 45.0 Å². The zero-order valence-corrected chi connectivity index (χ0v) is 20.1. The average Bonchev–Trinajstić information content (AvgIpc) is 3.24. The lowest BCUT2D eigenvalue weighted by Crippen LogP contribution is -2.36. The Bertz CT molecular complexity index is 1220. The van der Waals surface area contributed by atoms with Crippen LogP contribution in [0.3, 0.4) is 0 Å². The Morgan fingerprint density at radius 1 is 1.21 bits per heavy atom. The number of hydrogen-bond acceptors (Lipinski definition) is 7. The predicted molar refractivity (Wildman–Crippen MR) is 128 cm³/mol. The van der Waals surface area contributed by atoms with E-state index in [0.29, 0.717) is 53.4 Å². The molecule has 1 atom stereocenters. The minimum Gasteiger partial charge on any atom is -0.493 e. The standard InChI is InChI=1S/C24H26ClFN4O4/c1-24(2,3)34-23(31)30-8-7-15(12-30)33-21-10-16-19(11-20(21)32-4)27-13-28-22(16)29-14-5-6-18(26)17(25)9-14/h5-6,9-11,13,15H,7-8,12H2,1-4H3,(H,27,28,29)/t15-/m0/s1. The number of hydrogen-bond donors (Lipinski definition) is 1. The summed E-state index contributed by atoms with van der Waals surface area (Å²) in [5.41, 5.74) is 0.653. The minimum absolute atomic E-state index is 0.00447. The molecule has 34 heavy (non-hydrogen) atoms. The smallest absolute Gasteiger partial charge is 0.410 e. The first-order valence-corrected chi connectivity index (χ1v) is 11.2. The Labute approximate surface area is 202 Å². The lowest BCUT2D eigenvalue weighted by molar-refractivity contribution is 0.0275. The third kappa shape index (κ3) is 5.41. The quantitative estimate of drug-likeness (QED) is 0.503. The lowest BCUT2D eigenvalue weighted by atomic mass is 10.2. The number of methoxy groups -OCH3 is 1.